The Morgan fingerprint density at radius 1 is 0.281 bits per heavy atom. The first-order valence-electron chi connectivity index (χ1n) is 26.8. The zero-order valence-electron chi connectivity index (χ0n) is 41.7. The summed E-state index contributed by atoms with van der Waals surface area (Å²) in [6.07, 6.45) is 46.2. The second-order valence-electron chi connectivity index (χ2n) is 21.3. The van der Waals surface area contributed by atoms with Crippen molar-refractivity contribution < 1.29 is 8.23 Å². The van der Waals surface area contributed by atoms with E-state index in [9.17, 15) is 0 Å². The lowest BCUT2D eigenvalue weighted by atomic mass is 10.0. The summed E-state index contributed by atoms with van der Waals surface area (Å²) in [5, 5.41) is 0. The molecule has 0 radical (unpaired) electrons. The van der Waals surface area contributed by atoms with Crippen molar-refractivity contribution in [2.75, 3.05) is 0 Å². The molecular weight excluding hydrogens is 741 g/mol. The third kappa shape index (κ3) is 38.0. The molecule has 0 aliphatic heterocycles. The third-order valence-electron chi connectivity index (χ3n) is 12.8. The van der Waals surface area contributed by atoms with Gasteiger partial charge in [0.05, 0.1) is 0 Å². The van der Waals surface area contributed by atoms with Gasteiger partial charge in [0.2, 0.25) is 0 Å². The van der Waals surface area contributed by atoms with Gasteiger partial charge in [-0.1, -0.05) is 275 Å². The number of unbranched alkanes of at least 4 members (excludes halogenated alkanes) is 30. The summed E-state index contributed by atoms with van der Waals surface area (Å²) < 4.78 is 14.8. The van der Waals surface area contributed by atoms with Crippen LogP contribution in [0.5, 0.6) is 0 Å². The maximum absolute atomic E-state index is 7.42. The molecule has 0 saturated carbocycles. The van der Waals surface area contributed by atoms with Crippen LogP contribution in [0.3, 0.4) is 0 Å². The van der Waals surface area contributed by atoms with E-state index in [-0.39, 0.29) is 0 Å². The van der Waals surface area contributed by atoms with Crippen LogP contribution < -0.4 is 0 Å². The first-order chi connectivity index (χ1) is 27.5. The van der Waals surface area contributed by atoms with Gasteiger partial charge in [0.15, 0.2) is 16.6 Å². The highest BCUT2D eigenvalue weighted by atomic mass is 28.4. The molecule has 0 amide bonds. The predicted octanol–water partition coefficient (Wildman–Crippen LogP) is 19.1. The number of hydrogen-bond acceptors (Lipinski definition) is 2. The van der Waals surface area contributed by atoms with Crippen LogP contribution in [-0.2, 0) is 8.23 Å². The van der Waals surface area contributed by atoms with Gasteiger partial charge in [0, 0.05) is 0 Å². The molecule has 0 fully saturated rings. The average molecular weight is 854 g/mol. The quantitative estimate of drug-likeness (QED) is 0.0449. The Hall–Kier alpha value is 0.571. The van der Waals surface area contributed by atoms with Crippen LogP contribution in [0.15, 0.2) is 0 Å². The molecule has 5 heteroatoms. The van der Waals surface area contributed by atoms with Crippen molar-refractivity contribution in [1.29, 1.82) is 0 Å². The summed E-state index contributed by atoms with van der Waals surface area (Å²) in [4.78, 5) is 0. The van der Waals surface area contributed by atoms with Gasteiger partial charge >= 0.3 is 0 Å². The van der Waals surface area contributed by atoms with E-state index >= 15 is 0 Å². The first-order valence-corrected chi connectivity index (χ1v) is 33.0. The molecule has 0 heterocycles. The van der Waals surface area contributed by atoms with Crippen LogP contribution >= 0.6 is 0 Å². The first kappa shape index (κ1) is 57.6. The van der Waals surface area contributed by atoms with Crippen molar-refractivity contribution in [3.8, 4) is 0 Å². The minimum Gasteiger partial charge on any atom is -0.440 e. The summed E-state index contributed by atoms with van der Waals surface area (Å²) in [6, 6.07) is 8.09. The Kier molecular flexibility index (Phi) is 41.0. The van der Waals surface area contributed by atoms with Crippen molar-refractivity contribution in [1.82, 2.24) is 0 Å². The lowest BCUT2D eigenvalue weighted by Crippen LogP contribution is -2.47. The molecule has 0 spiro atoms. The largest absolute Gasteiger partial charge is 0.440 e. The average Bonchev–Trinajstić information content (AvgIpc) is 3.13. The van der Waals surface area contributed by atoms with Crippen LogP contribution in [0.25, 0.3) is 0 Å². The molecule has 0 N–H and O–H groups in total. The topological polar surface area (TPSA) is 18.5 Å². The monoisotopic (exact) mass is 853 g/mol. The molecule has 0 atom stereocenters. The molecule has 0 aromatic heterocycles. The van der Waals surface area contributed by atoms with Gasteiger partial charge in [-0.2, -0.15) is 0 Å². The van der Waals surface area contributed by atoms with Crippen molar-refractivity contribution >= 4 is 26.6 Å². The van der Waals surface area contributed by atoms with Gasteiger partial charge in [-0.25, -0.2) is 0 Å². The maximum atomic E-state index is 7.42. The highest BCUT2D eigenvalue weighted by Gasteiger charge is 2.39. The fraction of sp³-hybridized carbons (Fsp3) is 1.00. The predicted molar refractivity (Wildman–Crippen MR) is 270 cm³/mol. The molecule has 0 aromatic carbocycles. The molecule has 344 valence electrons. The Morgan fingerprint density at radius 3 is 0.632 bits per heavy atom. The van der Waals surface area contributed by atoms with E-state index in [0.717, 1.165) is 23.7 Å². The van der Waals surface area contributed by atoms with Crippen LogP contribution in [0.4, 0.5) is 0 Å². The minimum absolute atomic E-state index is 0.726. The lowest BCUT2D eigenvalue weighted by Gasteiger charge is -2.39. The van der Waals surface area contributed by atoms with E-state index in [1.54, 1.807) is 0 Å². The molecule has 0 aromatic rings. The molecule has 57 heavy (non-hydrogen) atoms. The maximum Gasteiger partial charge on any atom is 0.283 e. The lowest BCUT2D eigenvalue weighted by molar-refractivity contribution is 0.405. The van der Waals surface area contributed by atoms with Gasteiger partial charge in [-0.15, -0.1) is 0 Å². The number of rotatable bonds is 46. The van der Waals surface area contributed by atoms with E-state index in [2.05, 4.69) is 69.2 Å². The van der Waals surface area contributed by atoms with Crippen LogP contribution in [0.1, 0.15) is 275 Å². The van der Waals surface area contributed by atoms with Gasteiger partial charge < -0.3 is 8.23 Å². The standard InChI is InChI=1S/C52H112O2Si3/c1-11-13-15-17-19-21-23-25-27-29-31-33-35-37-39-41-43-56(45-49(3)4,46-50(5)6)53-55-54-57(47-51(7)8,48-52(9)10)44-42-40-38-36-34-32-30-28-26-24-22-20-18-16-14-12-2/h49-52H,11-48,55H2,1-10H3. The van der Waals surface area contributed by atoms with Gasteiger partial charge in [-0.3, -0.25) is 0 Å². The van der Waals surface area contributed by atoms with E-state index in [0.29, 0.717) is 0 Å². The van der Waals surface area contributed by atoms with Crippen LogP contribution in [0, 0.1) is 23.7 Å². The summed E-state index contributed by atoms with van der Waals surface area (Å²) in [6.45, 7) is 24.3. The van der Waals surface area contributed by atoms with E-state index in [1.807, 2.05) is 0 Å². The molecule has 0 bridgehead atoms. The molecule has 0 saturated heterocycles. The van der Waals surface area contributed by atoms with Gasteiger partial charge in [0.25, 0.3) is 10.0 Å². The third-order valence-corrected chi connectivity index (χ3v) is 27.4. The van der Waals surface area contributed by atoms with Gasteiger partial charge in [-0.05, 0) is 59.9 Å². The Bertz CT molecular complexity index is 716. The smallest absolute Gasteiger partial charge is 0.283 e. The van der Waals surface area contributed by atoms with Crippen LogP contribution in [0.2, 0.25) is 36.3 Å². The van der Waals surface area contributed by atoms with Crippen LogP contribution in [-0.4, -0.2) is 26.6 Å². The summed E-state index contributed by atoms with van der Waals surface area (Å²) in [5.41, 5.74) is 0. The Labute approximate surface area is 367 Å². The Balaban J connectivity index is 4.77. The van der Waals surface area contributed by atoms with E-state index in [1.165, 1.54) is 242 Å². The molecule has 2 nitrogen and oxygen atoms in total. The summed E-state index contributed by atoms with van der Waals surface area (Å²) in [5.74, 6) is 2.90. The molecule has 0 rings (SSSR count). The number of hydrogen-bond donors (Lipinski definition) is 0. The molecule has 0 unspecified atom stereocenters. The highest BCUT2D eigenvalue weighted by Crippen LogP contribution is 2.35. The fourth-order valence-corrected chi connectivity index (χ4v) is 24.9. The fourth-order valence-electron chi connectivity index (χ4n) is 10.2. The summed E-state index contributed by atoms with van der Waals surface area (Å²) >= 11 is 0. The normalized spacial score (nSPS) is 12.7. The zero-order chi connectivity index (χ0) is 42.3. The molecular formula is C52H112O2Si3. The second-order valence-corrected chi connectivity index (χ2v) is 31.2. The second kappa shape index (κ2) is 40.6. The molecule has 0 aliphatic carbocycles. The Morgan fingerprint density at radius 2 is 0.456 bits per heavy atom. The van der Waals surface area contributed by atoms with Crippen molar-refractivity contribution in [2.24, 2.45) is 23.7 Å². The van der Waals surface area contributed by atoms with Crippen molar-refractivity contribution in [3.63, 3.8) is 0 Å². The van der Waals surface area contributed by atoms with E-state index in [4.69, 9.17) is 8.23 Å². The highest BCUT2D eigenvalue weighted by molar-refractivity contribution is 6.80. The van der Waals surface area contributed by atoms with Crippen molar-refractivity contribution in [2.45, 2.75) is 311 Å². The summed E-state index contributed by atoms with van der Waals surface area (Å²) in [7, 11) is -4.63. The van der Waals surface area contributed by atoms with Gasteiger partial charge in [0.1, 0.15) is 0 Å². The molecule has 0 aliphatic rings. The minimum atomic E-state index is -1.83. The van der Waals surface area contributed by atoms with E-state index < -0.39 is 26.6 Å². The van der Waals surface area contributed by atoms with Crippen molar-refractivity contribution in [3.05, 3.63) is 0 Å². The SMILES string of the molecule is CCCCCCCCCCCCCCCCCC[Si](CC(C)C)(CC(C)C)O[SiH2]O[Si](CCCCCCCCCCCCCCCCCC)(CC(C)C)CC(C)C. The zero-order valence-corrected chi connectivity index (χ0v) is 45.1.